The van der Waals surface area contributed by atoms with Crippen molar-refractivity contribution in [3.63, 3.8) is 0 Å². The van der Waals surface area contributed by atoms with Crippen molar-refractivity contribution in [3.8, 4) is 0 Å². The standard InChI is InChI=1S/C16H23NO2/c1-11-9-12(2)14(10-13(11)15(18)19-3)16(17)7-5-4-6-8-16/h9-10H,4-8,17H2,1-3H3. The summed E-state index contributed by atoms with van der Waals surface area (Å²) in [4.78, 5) is 11.8. The van der Waals surface area contributed by atoms with Gasteiger partial charge < -0.3 is 10.5 Å². The van der Waals surface area contributed by atoms with Gasteiger partial charge in [-0.2, -0.15) is 0 Å². The van der Waals surface area contributed by atoms with Crippen molar-refractivity contribution in [2.45, 2.75) is 51.5 Å². The molecule has 3 heteroatoms. The first kappa shape index (κ1) is 14.1. The van der Waals surface area contributed by atoms with E-state index in [1.165, 1.54) is 19.1 Å². The molecular formula is C16H23NO2. The van der Waals surface area contributed by atoms with E-state index >= 15 is 0 Å². The van der Waals surface area contributed by atoms with E-state index in [1.807, 2.05) is 19.1 Å². The number of benzene rings is 1. The smallest absolute Gasteiger partial charge is 0.338 e. The van der Waals surface area contributed by atoms with Crippen LogP contribution in [0.5, 0.6) is 0 Å². The van der Waals surface area contributed by atoms with Gasteiger partial charge in [0, 0.05) is 5.54 Å². The average Bonchev–Trinajstić information content (AvgIpc) is 2.38. The van der Waals surface area contributed by atoms with Crippen LogP contribution in [0.1, 0.15) is 59.2 Å². The molecule has 1 saturated carbocycles. The lowest BCUT2D eigenvalue weighted by atomic mass is 9.75. The van der Waals surface area contributed by atoms with Crippen LogP contribution in [0.15, 0.2) is 12.1 Å². The molecule has 19 heavy (non-hydrogen) atoms. The Morgan fingerprint density at radius 1 is 1.16 bits per heavy atom. The fourth-order valence-electron chi connectivity index (χ4n) is 3.17. The van der Waals surface area contributed by atoms with E-state index in [0.29, 0.717) is 5.56 Å². The summed E-state index contributed by atoms with van der Waals surface area (Å²) in [5.41, 5.74) is 10.2. The number of hydrogen-bond donors (Lipinski definition) is 1. The summed E-state index contributed by atoms with van der Waals surface area (Å²) in [5.74, 6) is -0.279. The summed E-state index contributed by atoms with van der Waals surface area (Å²) in [7, 11) is 1.42. The Morgan fingerprint density at radius 3 is 2.37 bits per heavy atom. The SMILES string of the molecule is COC(=O)c1cc(C2(N)CCCCC2)c(C)cc1C. The molecule has 0 aliphatic heterocycles. The highest BCUT2D eigenvalue weighted by Gasteiger charge is 2.31. The van der Waals surface area contributed by atoms with Crippen LogP contribution < -0.4 is 5.73 Å². The lowest BCUT2D eigenvalue weighted by molar-refractivity contribution is 0.0599. The van der Waals surface area contributed by atoms with Crippen molar-refractivity contribution in [1.29, 1.82) is 0 Å². The van der Waals surface area contributed by atoms with E-state index in [4.69, 9.17) is 10.5 Å². The number of ether oxygens (including phenoxy) is 1. The predicted molar refractivity (Wildman–Crippen MR) is 76.2 cm³/mol. The fourth-order valence-corrected chi connectivity index (χ4v) is 3.17. The van der Waals surface area contributed by atoms with Crippen LogP contribution in [0, 0.1) is 13.8 Å². The normalized spacial score (nSPS) is 18.1. The van der Waals surface area contributed by atoms with Crippen LogP contribution in [-0.4, -0.2) is 13.1 Å². The van der Waals surface area contributed by atoms with E-state index in [9.17, 15) is 4.79 Å². The highest BCUT2D eigenvalue weighted by Crippen LogP contribution is 2.37. The van der Waals surface area contributed by atoms with E-state index in [0.717, 1.165) is 36.8 Å². The first-order chi connectivity index (χ1) is 8.98. The third kappa shape index (κ3) is 2.66. The number of methoxy groups -OCH3 is 1. The molecule has 0 saturated heterocycles. The van der Waals surface area contributed by atoms with Crippen LogP contribution in [0.25, 0.3) is 0 Å². The second kappa shape index (κ2) is 5.33. The Labute approximate surface area is 115 Å². The molecule has 1 fully saturated rings. The maximum absolute atomic E-state index is 11.8. The van der Waals surface area contributed by atoms with Crippen molar-refractivity contribution >= 4 is 5.97 Å². The molecule has 2 rings (SSSR count). The van der Waals surface area contributed by atoms with Gasteiger partial charge in [0.05, 0.1) is 12.7 Å². The topological polar surface area (TPSA) is 52.3 Å². The molecule has 2 N–H and O–H groups in total. The Bertz CT molecular complexity index is 488. The van der Waals surface area contributed by atoms with Crippen molar-refractivity contribution in [1.82, 2.24) is 0 Å². The quantitative estimate of drug-likeness (QED) is 0.832. The molecule has 0 unspecified atom stereocenters. The Hall–Kier alpha value is -1.35. The zero-order valence-electron chi connectivity index (χ0n) is 12.1. The highest BCUT2D eigenvalue weighted by atomic mass is 16.5. The van der Waals surface area contributed by atoms with Gasteiger partial charge in [0.1, 0.15) is 0 Å². The molecule has 1 aliphatic rings. The summed E-state index contributed by atoms with van der Waals surface area (Å²) >= 11 is 0. The summed E-state index contributed by atoms with van der Waals surface area (Å²) in [5, 5.41) is 0. The summed E-state index contributed by atoms with van der Waals surface area (Å²) in [6, 6.07) is 3.99. The van der Waals surface area contributed by atoms with Crippen LogP contribution in [0.2, 0.25) is 0 Å². The zero-order chi connectivity index (χ0) is 14.0. The van der Waals surface area contributed by atoms with E-state index in [1.54, 1.807) is 0 Å². The lowest BCUT2D eigenvalue weighted by Crippen LogP contribution is -2.39. The maximum Gasteiger partial charge on any atom is 0.338 e. The summed E-state index contributed by atoms with van der Waals surface area (Å²) in [6.07, 6.45) is 5.58. The van der Waals surface area contributed by atoms with Gasteiger partial charge in [-0.1, -0.05) is 25.3 Å². The minimum atomic E-state index is -0.279. The van der Waals surface area contributed by atoms with Crippen LogP contribution in [-0.2, 0) is 10.3 Å². The first-order valence-corrected chi connectivity index (χ1v) is 6.97. The van der Waals surface area contributed by atoms with Crippen LogP contribution in [0.4, 0.5) is 0 Å². The number of rotatable bonds is 2. The average molecular weight is 261 g/mol. The van der Waals surface area contributed by atoms with Gasteiger partial charge in [0.25, 0.3) is 0 Å². The second-order valence-electron chi connectivity index (χ2n) is 5.69. The zero-order valence-corrected chi connectivity index (χ0v) is 12.1. The van der Waals surface area contributed by atoms with E-state index < -0.39 is 0 Å². The Morgan fingerprint density at radius 2 is 1.79 bits per heavy atom. The molecule has 0 atom stereocenters. The molecule has 0 radical (unpaired) electrons. The Balaban J connectivity index is 2.47. The van der Waals surface area contributed by atoms with Gasteiger partial charge in [-0.25, -0.2) is 4.79 Å². The van der Waals surface area contributed by atoms with Crippen LogP contribution >= 0.6 is 0 Å². The largest absolute Gasteiger partial charge is 0.465 e. The molecule has 104 valence electrons. The fraction of sp³-hybridized carbons (Fsp3) is 0.562. The number of nitrogens with two attached hydrogens (primary N) is 1. The molecule has 0 spiro atoms. The third-order valence-electron chi connectivity index (χ3n) is 4.26. The Kier molecular flexibility index (Phi) is 3.95. The maximum atomic E-state index is 11.8. The van der Waals surface area contributed by atoms with Gasteiger partial charge in [-0.05, 0) is 49.4 Å². The number of aryl methyl sites for hydroxylation is 2. The van der Waals surface area contributed by atoms with Gasteiger partial charge in [0.2, 0.25) is 0 Å². The summed E-state index contributed by atoms with van der Waals surface area (Å²) < 4.78 is 4.85. The minimum Gasteiger partial charge on any atom is -0.465 e. The number of esters is 1. The van der Waals surface area contributed by atoms with Gasteiger partial charge in [0.15, 0.2) is 0 Å². The van der Waals surface area contributed by atoms with E-state index in [-0.39, 0.29) is 11.5 Å². The van der Waals surface area contributed by atoms with Crippen molar-refractivity contribution < 1.29 is 9.53 Å². The molecule has 1 aliphatic carbocycles. The van der Waals surface area contributed by atoms with Crippen LogP contribution in [0.3, 0.4) is 0 Å². The monoisotopic (exact) mass is 261 g/mol. The molecular weight excluding hydrogens is 238 g/mol. The third-order valence-corrected chi connectivity index (χ3v) is 4.26. The van der Waals surface area contributed by atoms with Crippen molar-refractivity contribution in [3.05, 3.63) is 34.4 Å². The number of hydrogen-bond acceptors (Lipinski definition) is 3. The molecule has 0 amide bonds. The predicted octanol–water partition coefficient (Wildman–Crippen LogP) is 3.21. The first-order valence-electron chi connectivity index (χ1n) is 6.97. The summed E-state index contributed by atoms with van der Waals surface area (Å²) in [6.45, 7) is 4.01. The molecule has 3 nitrogen and oxygen atoms in total. The molecule has 1 aromatic rings. The van der Waals surface area contributed by atoms with E-state index in [2.05, 4.69) is 6.92 Å². The molecule has 1 aromatic carbocycles. The van der Waals surface area contributed by atoms with Gasteiger partial charge in [-0.3, -0.25) is 0 Å². The molecule has 0 bridgehead atoms. The molecule has 0 heterocycles. The van der Waals surface area contributed by atoms with Gasteiger partial charge >= 0.3 is 5.97 Å². The minimum absolute atomic E-state index is 0.279. The van der Waals surface area contributed by atoms with Crippen molar-refractivity contribution in [2.75, 3.05) is 7.11 Å². The second-order valence-corrected chi connectivity index (χ2v) is 5.69. The molecule has 0 aromatic heterocycles. The number of carbonyl (C=O) groups is 1. The number of carbonyl (C=O) groups excluding carboxylic acids is 1. The van der Waals surface area contributed by atoms with Crippen molar-refractivity contribution in [2.24, 2.45) is 5.73 Å². The lowest BCUT2D eigenvalue weighted by Gasteiger charge is -2.35. The van der Waals surface area contributed by atoms with Gasteiger partial charge in [-0.15, -0.1) is 0 Å². The highest BCUT2D eigenvalue weighted by molar-refractivity contribution is 5.91.